The minimum Gasteiger partial charge on any atom is -0.494 e. The molecule has 0 radical (unpaired) electrons. The topological polar surface area (TPSA) is 64.4 Å². The van der Waals surface area contributed by atoms with E-state index in [0.29, 0.717) is 24.0 Å². The summed E-state index contributed by atoms with van der Waals surface area (Å²) in [5.41, 5.74) is 2.25. The van der Waals surface area contributed by atoms with Crippen molar-refractivity contribution in [2.75, 3.05) is 11.9 Å². The number of nitrogens with one attached hydrogen (secondary N) is 1. The van der Waals surface area contributed by atoms with E-state index >= 15 is 0 Å². The lowest BCUT2D eigenvalue weighted by Gasteiger charge is -2.06. The van der Waals surface area contributed by atoms with Gasteiger partial charge in [0.1, 0.15) is 11.5 Å². The number of ether oxygens (including phenoxy) is 1. The highest BCUT2D eigenvalue weighted by atomic mass is 16.5. The molecule has 0 saturated heterocycles. The Morgan fingerprint density at radius 2 is 1.84 bits per heavy atom. The Morgan fingerprint density at radius 3 is 2.52 bits per heavy atom. The van der Waals surface area contributed by atoms with Crippen LogP contribution in [0.15, 0.2) is 59.0 Å². The highest BCUT2D eigenvalue weighted by Crippen LogP contribution is 2.22. The van der Waals surface area contributed by atoms with Gasteiger partial charge in [0.2, 0.25) is 11.8 Å². The zero-order chi connectivity index (χ0) is 17.6. The van der Waals surface area contributed by atoms with E-state index in [1.54, 1.807) is 0 Å². The van der Waals surface area contributed by atoms with Crippen molar-refractivity contribution in [1.82, 2.24) is 4.98 Å². The predicted molar refractivity (Wildman–Crippen MR) is 96.6 cm³/mol. The summed E-state index contributed by atoms with van der Waals surface area (Å²) in [5, 5.41) is 2.86. The summed E-state index contributed by atoms with van der Waals surface area (Å²) in [6.07, 6.45) is 0.162. The maximum absolute atomic E-state index is 12.3. The van der Waals surface area contributed by atoms with Gasteiger partial charge in [0.25, 0.3) is 0 Å². The lowest BCUT2D eigenvalue weighted by Crippen LogP contribution is -2.15. The molecule has 1 amide bonds. The summed E-state index contributed by atoms with van der Waals surface area (Å²) in [4.78, 5) is 16.7. The van der Waals surface area contributed by atoms with Gasteiger partial charge >= 0.3 is 0 Å². The summed E-state index contributed by atoms with van der Waals surface area (Å²) >= 11 is 0. The number of carbonyl (C=O) groups is 1. The predicted octanol–water partition coefficient (Wildman–Crippen LogP) is 4.23. The molecule has 5 heteroatoms. The van der Waals surface area contributed by atoms with E-state index in [0.717, 1.165) is 17.0 Å². The number of benzene rings is 2. The number of aryl methyl sites for hydroxylation is 1. The third-order valence-corrected chi connectivity index (χ3v) is 3.69. The molecule has 5 nitrogen and oxygen atoms in total. The van der Waals surface area contributed by atoms with Crippen LogP contribution in [0.25, 0.3) is 11.5 Å². The van der Waals surface area contributed by atoms with E-state index in [1.807, 2.05) is 68.4 Å². The van der Waals surface area contributed by atoms with E-state index < -0.39 is 0 Å². The first-order valence-electron chi connectivity index (χ1n) is 8.20. The minimum atomic E-state index is -0.139. The molecule has 128 valence electrons. The Morgan fingerprint density at radius 1 is 1.12 bits per heavy atom. The van der Waals surface area contributed by atoms with Crippen LogP contribution in [0.2, 0.25) is 0 Å². The van der Waals surface area contributed by atoms with Gasteiger partial charge in [0, 0.05) is 11.3 Å². The van der Waals surface area contributed by atoms with Crippen LogP contribution in [0.3, 0.4) is 0 Å². The Balaban J connectivity index is 1.66. The summed E-state index contributed by atoms with van der Waals surface area (Å²) in [6.45, 7) is 4.36. The maximum Gasteiger partial charge on any atom is 0.230 e. The van der Waals surface area contributed by atoms with Crippen molar-refractivity contribution >= 4 is 11.6 Å². The number of oxazole rings is 1. The van der Waals surface area contributed by atoms with Crippen LogP contribution < -0.4 is 10.1 Å². The Hall–Kier alpha value is -3.08. The largest absolute Gasteiger partial charge is 0.494 e. The van der Waals surface area contributed by atoms with Gasteiger partial charge in [-0.25, -0.2) is 4.98 Å². The summed E-state index contributed by atoms with van der Waals surface area (Å²) in [7, 11) is 0. The molecule has 0 spiro atoms. The van der Waals surface area contributed by atoms with E-state index in [2.05, 4.69) is 10.3 Å². The molecule has 0 aliphatic carbocycles. The zero-order valence-electron chi connectivity index (χ0n) is 14.3. The molecular formula is C20H20N2O3. The molecule has 0 atom stereocenters. The quantitative estimate of drug-likeness (QED) is 0.731. The first-order chi connectivity index (χ1) is 12.2. The Kier molecular flexibility index (Phi) is 5.14. The third kappa shape index (κ3) is 4.26. The second-order valence-corrected chi connectivity index (χ2v) is 5.57. The normalized spacial score (nSPS) is 10.5. The highest BCUT2D eigenvalue weighted by molar-refractivity contribution is 5.92. The van der Waals surface area contributed by atoms with E-state index in [-0.39, 0.29) is 12.3 Å². The molecule has 3 rings (SSSR count). The van der Waals surface area contributed by atoms with Crippen molar-refractivity contribution in [2.45, 2.75) is 20.3 Å². The van der Waals surface area contributed by atoms with Crippen LogP contribution in [0.4, 0.5) is 5.69 Å². The number of aromatic nitrogens is 1. The summed E-state index contributed by atoms with van der Waals surface area (Å²) in [6, 6.07) is 16.9. The summed E-state index contributed by atoms with van der Waals surface area (Å²) < 4.78 is 11.1. The second kappa shape index (κ2) is 7.66. The van der Waals surface area contributed by atoms with Crippen LogP contribution in [0.1, 0.15) is 18.4 Å². The number of nitrogens with zero attached hydrogens (tertiary/aromatic N) is 1. The monoisotopic (exact) mass is 336 g/mol. The second-order valence-electron chi connectivity index (χ2n) is 5.57. The smallest absolute Gasteiger partial charge is 0.230 e. The average molecular weight is 336 g/mol. The molecule has 0 unspecified atom stereocenters. The fraction of sp³-hybridized carbons (Fsp3) is 0.200. The lowest BCUT2D eigenvalue weighted by atomic mass is 10.2. The Labute approximate surface area is 146 Å². The van der Waals surface area contributed by atoms with Gasteiger partial charge in [-0.2, -0.15) is 0 Å². The first-order valence-corrected chi connectivity index (χ1v) is 8.20. The average Bonchev–Trinajstić information content (AvgIpc) is 2.98. The van der Waals surface area contributed by atoms with E-state index in [9.17, 15) is 4.79 Å². The fourth-order valence-electron chi connectivity index (χ4n) is 2.45. The molecule has 1 N–H and O–H groups in total. The number of rotatable bonds is 6. The number of hydrogen-bond acceptors (Lipinski definition) is 4. The van der Waals surface area contributed by atoms with Gasteiger partial charge in [-0.1, -0.05) is 18.2 Å². The van der Waals surface area contributed by atoms with Crippen molar-refractivity contribution in [1.29, 1.82) is 0 Å². The number of amides is 1. The SMILES string of the molecule is CCOc1ccc(NC(=O)Cc2nc(-c3ccccc3)oc2C)cc1. The maximum atomic E-state index is 12.3. The van der Waals surface area contributed by atoms with Crippen LogP contribution in [-0.2, 0) is 11.2 Å². The van der Waals surface area contributed by atoms with Gasteiger partial charge < -0.3 is 14.5 Å². The van der Waals surface area contributed by atoms with Gasteiger partial charge in [-0.05, 0) is 50.2 Å². The van der Waals surface area contributed by atoms with E-state index in [1.165, 1.54) is 0 Å². The van der Waals surface area contributed by atoms with Crippen molar-refractivity contribution in [3.05, 3.63) is 66.1 Å². The molecule has 2 aromatic carbocycles. The van der Waals surface area contributed by atoms with Crippen LogP contribution in [-0.4, -0.2) is 17.5 Å². The fourth-order valence-corrected chi connectivity index (χ4v) is 2.45. The molecule has 1 heterocycles. The summed E-state index contributed by atoms with van der Waals surface area (Å²) in [5.74, 6) is 1.82. The molecule has 0 aliphatic rings. The molecule has 1 aromatic heterocycles. The van der Waals surface area contributed by atoms with Crippen molar-refractivity contribution in [2.24, 2.45) is 0 Å². The number of hydrogen-bond donors (Lipinski definition) is 1. The standard InChI is InChI=1S/C20H20N2O3/c1-3-24-17-11-9-16(10-12-17)21-19(23)13-18-14(2)25-20(22-18)15-7-5-4-6-8-15/h4-12H,3,13H2,1-2H3,(H,21,23). The van der Waals surface area contributed by atoms with Crippen LogP contribution in [0.5, 0.6) is 5.75 Å². The molecule has 0 fully saturated rings. The molecule has 0 saturated carbocycles. The van der Waals surface area contributed by atoms with Gasteiger partial charge in [-0.15, -0.1) is 0 Å². The number of carbonyl (C=O) groups excluding carboxylic acids is 1. The van der Waals surface area contributed by atoms with Crippen LogP contribution >= 0.6 is 0 Å². The van der Waals surface area contributed by atoms with Gasteiger partial charge in [0.15, 0.2) is 0 Å². The molecular weight excluding hydrogens is 316 g/mol. The molecule has 3 aromatic rings. The Bertz CT molecular complexity index is 839. The molecule has 0 aliphatic heterocycles. The molecule has 0 bridgehead atoms. The third-order valence-electron chi connectivity index (χ3n) is 3.69. The van der Waals surface area contributed by atoms with E-state index in [4.69, 9.17) is 9.15 Å². The zero-order valence-corrected chi connectivity index (χ0v) is 14.3. The van der Waals surface area contributed by atoms with Gasteiger partial charge in [0.05, 0.1) is 18.7 Å². The van der Waals surface area contributed by atoms with Crippen LogP contribution in [0, 0.1) is 6.92 Å². The highest BCUT2D eigenvalue weighted by Gasteiger charge is 2.14. The first kappa shape index (κ1) is 16.8. The minimum absolute atomic E-state index is 0.139. The van der Waals surface area contributed by atoms with Gasteiger partial charge in [-0.3, -0.25) is 4.79 Å². The van der Waals surface area contributed by atoms with Crippen molar-refractivity contribution in [3.8, 4) is 17.2 Å². The lowest BCUT2D eigenvalue weighted by molar-refractivity contribution is -0.115. The van der Waals surface area contributed by atoms with Crippen molar-refractivity contribution in [3.63, 3.8) is 0 Å². The number of anilines is 1. The van der Waals surface area contributed by atoms with Crippen molar-refractivity contribution < 1.29 is 13.9 Å². The molecule has 25 heavy (non-hydrogen) atoms.